The summed E-state index contributed by atoms with van der Waals surface area (Å²) in [6.45, 7) is 1.77. The fourth-order valence-electron chi connectivity index (χ4n) is 1.69. The number of H-pyrrole nitrogens is 1. The molecule has 18 heavy (non-hydrogen) atoms. The largest absolute Gasteiger partial charge is 0.505 e. The molecule has 0 bridgehead atoms. The molecule has 2 rings (SSSR count). The van der Waals surface area contributed by atoms with E-state index in [1.165, 1.54) is 18.2 Å². The number of esters is 1. The highest BCUT2D eigenvalue weighted by atomic mass is 16.6. The second kappa shape index (κ2) is 4.36. The number of aromatic nitrogens is 1. The third-order valence-corrected chi connectivity index (χ3v) is 2.46. The van der Waals surface area contributed by atoms with Crippen molar-refractivity contribution < 1.29 is 19.6 Å². The van der Waals surface area contributed by atoms with E-state index in [1.807, 2.05) is 0 Å². The highest BCUT2D eigenvalue weighted by molar-refractivity contribution is 6.03. The Morgan fingerprint density at radius 1 is 1.56 bits per heavy atom. The minimum absolute atomic E-state index is 0.100. The number of aromatic amines is 1. The lowest BCUT2D eigenvalue weighted by Gasteiger charge is -1.98. The maximum Gasteiger partial charge on any atom is 0.358 e. The first-order valence-corrected chi connectivity index (χ1v) is 5.21. The Balaban J connectivity index is 2.66. The van der Waals surface area contributed by atoms with Crippen molar-refractivity contribution in [1.29, 1.82) is 0 Å². The Morgan fingerprint density at radius 3 is 2.89 bits per heavy atom. The number of para-hydroxylation sites is 1. The number of nitro groups is 1. The standard InChI is InChI=1S/C11H10N2O5/c1-2-18-11(15)9-10(14)6-4-3-5-7(13(16)17)8(6)12-9/h3-5,12,14H,2H2,1H3. The molecule has 7 nitrogen and oxygen atoms in total. The summed E-state index contributed by atoms with van der Waals surface area (Å²) in [6, 6.07) is 4.20. The Labute approximate surface area is 101 Å². The van der Waals surface area contributed by atoms with Crippen LogP contribution in [0.25, 0.3) is 10.9 Å². The Kier molecular flexibility index (Phi) is 2.88. The number of hydrogen-bond donors (Lipinski definition) is 2. The number of carbonyl (C=O) groups is 1. The summed E-state index contributed by atoms with van der Waals surface area (Å²) in [4.78, 5) is 24.3. The molecule has 0 amide bonds. The van der Waals surface area contributed by atoms with Gasteiger partial charge in [0.25, 0.3) is 5.69 Å². The lowest BCUT2D eigenvalue weighted by molar-refractivity contribution is -0.383. The number of nitrogens with one attached hydrogen (secondary N) is 1. The maximum absolute atomic E-state index is 11.5. The van der Waals surface area contributed by atoms with Crippen molar-refractivity contribution in [3.8, 4) is 5.75 Å². The molecule has 0 radical (unpaired) electrons. The van der Waals surface area contributed by atoms with E-state index in [2.05, 4.69) is 4.98 Å². The highest BCUT2D eigenvalue weighted by Gasteiger charge is 2.23. The summed E-state index contributed by atoms with van der Waals surface area (Å²) in [5.41, 5.74) is -0.289. The van der Waals surface area contributed by atoms with Crippen molar-refractivity contribution in [2.24, 2.45) is 0 Å². The molecule has 0 spiro atoms. The van der Waals surface area contributed by atoms with Gasteiger partial charge in [0.2, 0.25) is 0 Å². The van der Waals surface area contributed by atoms with E-state index in [0.29, 0.717) is 0 Å². The van der Waals surface area contributed by atoms with Crippen molar-refractivity contribution in [3.63, 3.8) is 0 Å². The number of rotatable bonds is 3. The molecule has 0 aliphatic rings. The van der Waals surface area contributed by atoms with E-state index in [9.17, 15) is 20.0 Å². The van der Waals surface area contributed by atoms with Gasteiger partial charge in [0, 0.05) is 11.5 Å². The molecule has 0 atom stereocenters. The number of benzene rings is 1. The Morgan fingerprint density at radius 2 is 2.28 bits per heavy atom. The van der Waals surface area contributed by atoms with Crippen LogP contribution in [0.15, 0.2) is 18.2 Å². The number of hydrogen-bond acceptors (Lipinski definition) is 5. The van der Waals surface area contributed by atoms with Crippen LogP contribution in [0.2, 0.25) is 0 Å². The van der Waals surface area contributed by atoms with Crippen molar-refractivity contribution in [1.82, 2.24) is 4.98 Å². The van der Waals surface area contributed by atoms with Gasteiger partial charge >= 0.3 is 5.97 Å². The van der Waals surface area contributed by atoms with Crippen LogP contribution in [0.1, 0.15) is 17.4 Å². The molecule has 0 saturated heterocycles. The van der Waals surface area contributed by atoms with Gasteiger partial charge in [-0.3, -0.25) is 10.1 Å². The molecule has 94 valence electrons. The number of fused-ring (bicyclic) bond motifs is 1. The average molecular weight is 250 g/mol. The quantitative estimate of drug-likeness (QED) is 0.492. The van der Waals surface area contributed by atoms with Gasteiger partial charge in [-0.25, -0.2) is 4.79 Å². The van der Waals surface area contributed by atoms with Gasteiger partial charge in [-0.2, -0.15) is 0 Å². The Hall–Kier alpha value is -2.57. The van der Waals surface area contributed by atoms with Crippen molar-refractivity contribution in [2.45, 2.75) is 6.92 Å². The summed E-state index contributed by atoms with van der Waals surface area (Å²) in [7, 11) is 0. The molecule has 1 aromatic heterocycles. The van der Waals surface area contributed by atoms with E-state index >= 15 is 0 Å². The van der Waals surface area contributed by atoms with Crippen molar-refractivity contribution >= 4 is 22.6 Å². The molecule has 0 fully saturated rings. The Bertz CT molecular complexity index is 632. The number of nitro benzene ring substituents is 1. The summed E-state index contributed by atoms with van der Waals surface area (Å²) in [6.07, 6.45) is 0. The van der Waals surface area contributed by atoms with Gasteiger partial charge in [-0.1, -0.05) is 6.07 Å². The van der Waals surface area contributed by atoms with Gasteiger partial charge in [0.1, 0.15) is 5.52 Å². The van der Waals surface area contributed by atoms with Crippen LogP contribution < -0.4 is 0 Å². The zero-order chi connectivity index (χ0) is 13.3. The van der Waals surface area contributed by atoms with E-state index in [0.717, 1.165) is 0 Å². The minimum Gasteiger partial charge on any atom is -0.505 e. The smallest absolute Gasteiger partial charge is 0.358 e. The number of carbonyl (C=O) groups excluding carboxylic acids is 1. The number of aromatic hydroxyl groups is 1. The zero-order valence-corrected chi connectivity index (χ0v) is 9.47. The first-order chi connectivity index (χ1) is 8.56. The van der Waals surface area contributed by atoms with Gasteiger partial charge in [0.05, 0.1) is 11.5 Å². The zero-order valence-electron chi connectivity index (χ0n) is 9.47. The molecule has 1 heterocycles. The molecule has 0 unspecified atom stereocenters. The fraction of sp³-hybridized carbons (Fsp3) is 0.182. The molecular formula is C11H10N2O5. The lowest BCUT2D eigenvalue weighted by atomic mass is 10.2. The van der Waals surface area contributed by atoms with E-state index in [4.69, 9.17) is 4.74 Å². The normalized spacial score (nSPS) is 10.5. The predicted octanol–water partition coefficient (Wildman–Crippen LogP) is 1.96. The number of nitrogens with zero attached hydrogens (tertiary/aromatic N) is 1. The topological polar surface area (TPSA) is 105 Å². The maximum atomic E-state index is 11.5. The van der Waals surface area contributed by atoms with Gasteiger partial charge in [0.15, 0.2) is 11.4 Å². The van der Waals surface area contributed by atoms with Crippen LogP contribution in [0.3, 0.4) is 0 Å². The third-order valence-electron chi connectivity index (χ3n) is 2.46. The first kappa shape index (κ1) is 11.9. The molecule has 7 heteroatoms. The second-order valence-corrected chi connectivity index (χ2v) is 3.53. The summed E-state index contributed by atoms with van der Waals surface area (Å²) >= 11 is 0. The van der Waals surface area contributed by atoms with Crippen LogP contribution in [0, 0.1) is 10.1 Å². The van der Waals surface area contributed by atoms with Crippen LogP contribution in [-0.4, -0.2) is 27.6 Å². The first-order valence-electron chi connectivity index (χ1n) is 5.21. The molecule has 2 N–H and O–H groups in total. The summed E-state index contributed by atoms with van der Waals surface area (Å²) < 4.78 is 4.74. The molecular weight excluding hydrogens is 240 g/mol. The number of non-ortho nitro benzene ring substituents is 1. The van der Waals surface area contributed by atoms with Gasteiger partial charge in [-0.15, -0.1) is 0 Å². The van der Waals surface area contributed by atoms with Crippen LogP contribution in [-0.2, 0) is 4.74 Å². The molecule has 0 aliphatic carbocycles. The summed E-state index contributed by atoms with van der Waals surface area (Å²) in [5.74, 6) is -1.09. The average Bonchev–Trinajstić information content (AvgIpc) is 2.67. The SMILES string of the molecule is CCOC(=O)c1[nH]c2c([N+](=O)[O-])cccc2c1O. The van der Waals surface area contributed by atoms with E-state index in [-0.39, 0.29) is 34.6 Å². The van der Waals surface area contributed by atoms with E-state index in [1.54, 1.807) is 6.92 Å². The molecule has 2 aromatic rings. The predicted molar refractivity (Wildman–Crippen MR) is 62.6 cm³/mol. The summed E-state index contributed by atoms with van der Waals surface area (Å²) in [5, 5.41) is 20.9. The van der Waals surface area contributed by atoms with Gasteiger partial charge in [-0.05, 0) is 13.0 Å². The molecule has 0 aliphatic heterocycles. The second-order valence-electron chi connectivity index (χ2n) is 3.53. The van der Waals surface area contributed by atoms with Crippen LogP contribution in [0.5, 0.6) is 5.75 Å². The fourth-order valence-corrected chi connectivity index (χ4v) is 1.69. The van der Waals surface area contributed by atoms with E-state index < -0.39 is 10.9 Å². The van der Waals surface area contributed by atoms with Crippen LogP contribution >= 0.6 is 0 Å². The van der Waals surface area contributed by atoms with Crippen LogP contribution in [0.4, 0.5) is 5.69 Å². The highest BCUT2D eigenvalue weighted by Crippen LogP contribution is 2.34. The monoisotopic (exact) mass is 250 g/mol. The third kappa shape index (κ3) is 1.75. The van der Waals surface area contributed by atoms with Crippen molar-refractivity contribution in [3.05, 3.63) is 34.0 Å². The number of ether oxygens (including phenoxy) is 1. The lowest BCUT2D eigenvalue weighted by Crippen LogP contribution is -2.05. The molecule has 0 saturated carbocycles. The minimum atomic E-state index is -0.750. The molecule has 1 aromatic carbocycles. The van der Waals surface area contributed by atoms with Gasteiger partial charge < -0.3 is 14.8 Å². The van der Waals surface area contributed by atoms with Crippen molar-refractivity contribution in [2.75, 3.05) is 6.61 Å².